The van der Waals surface area contributed by atoms with E-state index in [1.807, 2.05) is 0 Å². The lowest BCUT2D eigenvalue weighted by Crippen LogP contribution is -2.28. The number of carboxylic acids is 1. The van der Waals surface area contributed by atoms with E-state index in [0.29, 0.717) is 6.54 Å². The second kappa shape index (κ2) is 6.36. The van der Waals surface area contributed by atoms with Crippen LogP contribution in [0.25, 0.3) is 0 Å². The molecule has 68 valence electrons. The molecule has 1 amide bonds. The van der Waals surface area contributed by atoms with E-state index in [9.17, 15) is 9.59 Å². The highest BCUT2D eigenvalue weighted by molar-refractivity contribution is 5.77. The summed E-state index contributed by atoms with van der Waals surface area (Å²) in [7, 11) is 0. The van der Waals surface area contributed by atoms with Gasteiger partial charge in [0.25, 0.3) is 0 Å². The summed E-state index contributed by atoms with van der Waals surface area (Å²) >= 11 is 0. The fraction of sp³-hybridized carbons (Fsp3) is 0.429. The SMILES string of the molecule is C=CCNC(=O)COCC(=O)O. The fourth-order valence-electron chi connectivity index (χ4n) is 0.468. The second-order valence-corrected chi connectivity index (χ2v) is 1.98. The Bertz CT molecular complexity index is 178. The number of amides is 1. The number of hydrogen-bond donors (Lipinski definition) is 2. The maximum absolute atomic E-state index is 10.7. The minimum Gasteiger partial charge on any atom is -0.480 e. The second-order valence-electron chi connectivity index (χ2n) is 1.98. The number of ether oxygens (including phenoxy) is 1. The van der Waals surface area contributed by atoms with E-state index in [1.165, 1.54) is 6.08 Å². The summed E-state index contributed by atoms with van der Waals surface area (Å²) in [5.74, 6) is -1.44. The first kappa shape index (κ1) is 10.6. The molecule has 0 saturated carbocycles. The molecule has 0 unspecified atom stereocenters. The summed E-state index contributed by atoms with van der Waals surface area (Å²) in [6.07, 6.45) is 1.52. The van der Waals surface area contributed by atoms with Crippen LogP contribution in [0.15, 0.2) is 12.7 Å². The van der Waals surface area contributed by atoms with Crippen LogP contribution >= 0.6 is 0 Å². The molecule has 0 fully saturated rings. The molecule has 0 spiro atoms. The first-order valence-corrected chi connectivity index (χ1v) is 3.34. The Morgan fingerprint density at radius 1 is 1.50 bits per heavy atom. The highest BCUT2D eigenvalue weighted by Crippen LogP contribution is 1.75. The van der Waals surface area contributed by atoms with E-state index >= 15 is 0 Å². The van der Waals surface area contributed by atoms with Gasteiger partial charge in [0.15, 0.2) is 0 Å². The molecule has 5 heteroatoms. The number of rotatable bonds is 6. The van der Waals surface area contributed by atoms with Crippen LogP contribution in [0, 0.1) is 0 Å². The Morgan fingerprint density at radius 2 is 2.17 bits per heavy atom. The van der Waals surface area contributed by atoms with Gasteiger partial charge in [0.2, 0.25) is 5.91 Å². The molecule has 0 heterocycles. The number of aliphatic carboxylic acids is 1. The molecule has 0 bridgehead atoms. The lowest BCUT2D eigenvalue weighted by molar-refractivity contribution is -0.143. The molecule has 0 saturated heterocycles. The smallest absolute Gasteiger partial charge is 0.329 e. The van der Waals surface area contributed by atoms with Gasteiger partial charge in [0.05, 0.1) is 0 Å². The summed E-state index contributed by atoms with van der Waals surface area (Å²) < 4.78 is 4.51. The molecule has 0 radical (unpaired) electrons. The van der Waals surface area contributed by atoms with Crippen molar-refractivity contribution in [2.24, 2.45) is 0 Å². The molecule has 0 aliphatic carbocycles. The Balaban J connectivity index is 3.31. The Hall–Kier alpha value is -1.36. The van der Waals surface area contributed by atoms with Crippen molar-refractivity contribution in [1.29, 1.82) is 0 Å². The third-order valence-corrected chi connectivity index (χ3v) is 0.902. The van der Waals surface area contributed by atoms with Gasteiger partial charge in [-0.1, -0.05) is 6.08 Å². The molecule has 0 aliphatic heterocycles. The quantitative estimate of drug-likeness (QED) is 0.525. The van der Waals surface area contributed by atoms with Crippen molar-refractivity contribution in [1.82, 2.24) is 5.32 Å². The first-order chi connectivity index (χ1) is 5.66. The topological polar surface area (TPSA) is 75.6 Å². The van der Waals surface area contributed by atoms with Gasteiger partial charge < -0.3 is 15.2 Å². The largest absolute Gasteiger partial charge is 0.480 e. The van der Waals surface area contributed by atoms with Crippen LogP contribution in [0.1, 0.15) is 0 Å². The minimum absolute atomic E-state index is 0.236. The predicted molar refractivity (Wildman–Crippen MR) is 41.7 cm³/mol. The van der Waals surface area contributed by atoms with Gasteiger partial charge >= 0.3 is 5.97 Å². The molecular weight excluding hydrogens is 162 g/mol. The lowest BCUT2D eigenvalue weighted by atomic mass is 10.5. The van der Waals surface area contributed by atoms with Crippen molar-refractivity contribution in [3.8, 4) is 0 Å². The maximum Gasteiger partial charge on any atom is 0.329 e. The minimum atomic E-state index is -1.09. The van der Waals surface area contributed by atoms with E-state index in [0.717, 1.165) is 0 Å². The van der Waals surface area contributed by atoms with Gasteiger partial charge in [0.1, 0.15) is 13.2 Å². The van der Waals surface area contributed by atoms with Gasteiger partial charge in [0, 0.05) is 6.54 Å². The van der Waals surface area contributed by atoms with Gasteiger partial charge in [-0.2, -0.15) is 0 Å². The van der Waals surface area contributed by atoms with E-state index in [4.69, 9.17) is 5.11 Å². The van der Waals surface area contributed by atoms with Crippen LogP contribution in [-0.4, -0.2) is 36.7 Å². The number of hydrogen-bond acceptors (Lipinski definition) is 3. The average Bonchev–Trinajstić information content (AvgIpc) is 2.00. The highest BCUT2D eigenvalue weighted by atomic mass is 16.5. The summed E-state index contributed by atoms with van der Waals surface area (Å²) in [6.45, 7) is 3.06. The zero-order chi connectivity index (χ0) is 9.40. The summed E-state index contributed by atoms with van der Waals surface area (Å²) in [4.78, 5) is 20.6. The van der Waals surface area contributed by atoms with Gasteiger partial charge in [-0.15, -0.1) is 6.58 Å². The van der Waals surface area contributed by atoms with Crippen molar-refractivity contribution in [2.45, 2.75) is 0 Å². The molecule has 0 aromatic rings. The molecule has 5 nitrogen and oxygen atoms in total. The molecule has 0 aromatic carbocycles. The molecule has 0 aliphatic rings. The normalized spacial score (nSPS) is 9.00. The molecule has 0 aromatic heterocycles. The van der Waals surface area contributed by atoms with Gasteiger partial charge in [-0.25, -0.2) is 4.79 Å². The van der Waals surface area contributed by atoms with E-state index in [2.05, 4.69) is 16.6 Å². The average molecular weight is 173 g/mol. The van der Waals surface area contributed by atoms with Crippen molar-refractivity contribution in [3.63, 3.8) is 0 Å². The van der Waals surface area contributed by atoms with Crippen molar-refractivity contribution >= 4 is 11.9 Å². The van der Waals surface area contributed by atoms with Crippen LogP contribution in [0.5, 0.6) is 0 Å². The Kier molecular flexibility index (Phi) is 5.64. The van der Waals surface area contributed by atoms with Crippen LogP contribution < -0.4 is 5.32 Å². The van der Waals surface area contributed by atoms with Gasteiger partial charge in [-0.3, -0.25) is 4.79 Å². The van der Waals surface area contributed by atoms with E-state index in [1.54, 1.807) is 0 Å². The molecule has 2 N–H and O–H groups in total. The molecule has 0 rings (SSSR count). The fourth-order valence-corrected chi connectivity index (χ4v) is 0.468. The van der Waals surface area contributed by atoms with Crippen LogP contribution in [-0.2, 0) is 14.3 Å². The van der Waals surface area contributed by atoms with E-state index < -0.39 is 12.6 Å². The third kappa shape index (κ3) is 6.76. The number of carboxylic acid groups (broad SMARTS) is 1. The summed E-state index contributed by atoms with van der Waals surface area (Å²) in [5, 5.41) is 10.6. The highest BCUT2D eigenvalue weighted by Gasteiger charge is 2.01. The zero-order valence-electron chi connectivity index (χ0n) is 6.58. The zero-order valence-corrected chi connectivity index (χ0v) is 6.58. The van der Waals surface area contributed by atoms with Crippen molar-refractivity contribution < 1.29 is 19.4 Å². The number of nitrogens with one attached hydrogen (secondary N) is 1. The van der Waals surface area contributed by atoms with E-state index in [-0.39, 0.29) is 12.5 Å². The molecule has 0 atom stereocenters. The molecular formula is C7H11NO4. The van der Waals surface area contributed by atoms with Gasteiger partial charge in [-0.05, 0) is 0 Å². The summed E-state index contributed by atoms with van der Waals surface area (Å²) in [5.41, 5.74) is 0. The Morgan fingerprint density at radius 3 is 2.67 bits per heavy atom. The van der Waals surface area contributed by atoms with Crippen LogP contribution in [0.4, 0.5) is 0 Å². The van der Waals surface area contributed by atoms with Crippen molar-refractivity contribution in [2.75, 3.05) is 19.8 Å². The van der Waals surface area contributed by atoms with Crippen LogP contribution in [0.3, 0.4) is 0 Å². The number of carbonyl (C=O) groups is 2. The summed E-state index contributed by atoms with van der Waals surface area (Å²) in [6, 6.07) is 0. The Labute approximate surface area is 70.0 Å². The third-order valence-electron chi connectivity index (χ3n) is 0.902. The standard InChI is InChI=1S/C7H11NO4/c1-2-3-8-6(9)4-12-5-7(10)11/h2H,1,3-5H2,(H,8,9)(H,10,11). The predicted octanol–water partition coefficient (Wildman–Crippen LogP) is -0.610. The molecule has 12 heavy (non-hydrogen) atoms. The number of carbonyl (C=O) groups excluding carboxylic acids is 1. The monoisotopic (exact) mass is 173 g/mol. The maximum atomic E-state index is 10.7. The first-order valence-electron chi connectivity index (χ1n) is 3.34. The van der Waals surface area contributed by atoms with Crippen molar-refractivity contribution in [3.05, 3.63) is 12.7 Å². The van der Waals surface area contributed by atoms with Crippen LogP contribution in [0.2, 0.25) is 0 Å². The lowest BCUT2D eigenvalue weighted by Gasteiger charge is -2.01.